The Morgan fingerprint density at radius 1 is 1.65 bits per heavy atom. The zero-order valence-corrected chi connectivity index (χ0v) is 9.80. The van der Waals surface area contributed by atoms with E-state index in [0.717, 1.165) is 0 Å². The lowest BCUT2D eigenvalue weighted by Crippen LogP contribution is -2.11. The van der Waals surface area contributed by atoms with E-state index in [4.69, 9.17) is 17.3 Å². The van der Waals surface area contributed by atoms with Crippen LogP contribution in [0.25, 0.3) is 0 Å². The number of nitrogens with zero attached hydrogens (tertiary/aromatic N) is 1. The average Bonchev–Trinajstić information content (AvgIpc) is 2.30. The van der Waals surface area contributed by atoms with Gasteiger partial charge in [0, 0.05) is 17.1 Å². The summed E-state index contributed by atoms with van der Waals surface area (Å²) in [5, 5.41) is 0.0427. The highest BCUT2D eigenvalue weighted by Crippen LogP contribution is 2.28. The van der Waals surface area contributed by atoms with Gasteiger partial charge in [-0.25, -0.2) is 8.78 Å². The minimum atomic E-state index is -2.82. The second-order valence-electron chi connectivity index (χ2n) is 3.22. The molecule has 1 aromatic rings. The predicted octanol–water partition coefficient (Wildman–Crippen LogP) is 1.85. The third-order valence-corrected chi connectivity index (χ3v) is 2.46. The molecule has 0 saturated carbocycles. The van der Waals surface area contributed by atoms with E-state index in [1.165, 1.54) is 13.2 Å². The van der Waals surface area contributed by atoms with Gasteiger partial charge in [-0.3, -0.25) is 9.78 Å². The van der Waals surface area contributed by atoms with Gasteiger partial charge in [0.15, 0.2) is 0 Å². The maximum Gasteiger partial charge on any atom is 0.310 e. The standard InChI is InChI=1S/C10H11ClF2N2O2/c1-17-8(16)3-6-7(11)2-5(4-14)15-9(6)10(12)13/h2,10H,3-4,14H2,1H3. The molecule has 0 atom stereocenters. The Hall–Kier alpha value is -1.27. The second kappa shape index (κ2) is 5.88. The van der Waals surface area contributed by atoms with Gasteiger partial charge in [0.1, 0.15) is 5.69 Å². The van der Waals surface area contributed by atoms with Crippen molar-refractivity contribution in [2.45, 2.75) is 19.4 Å². The first-order valence-corrected chi connectivity index (χ1v) is 5.10. The number of rotatable bonds is 4. The fraction of sp³-hybridized carbons (Fsp3) is 0.400. The van der Waals surface area contributed by atoms with Crippen LogP contribution in [0.5, 0.6) is 0 Å². The van der Waals surface area contributed by atoms with Gasteiger partial charge in [0.2, 0.25) is 0 Å². The van der Waals surface area contributed by atoms with Crippen molar-refractivity contribution in [2.75, 3.05) is 7.11 Å². The van der Waals surface area contributed by atoms with Crippen LogP contribution in [-0.2, 0) is 22.5 Å². The van der Waals surface area contributed by atoms with Crippen molar-refractivity contribution in [1.29, 1.82) is 0 Å². The minimum absolute atomic E-state index is 0.00204. The summed E-state index contributed by atoms with van der Waals surface area (Å²) in [5.41, 5.74) is 5.01. The molecule has 1 heterocycles. The maximum atomic E-state index is 12.8. The molecule has 1 aromatic heterocycles. The molecule has 7 heteroatoms. The fourth-order valence-electron chi connectivity index (χ4n) is 1.29. The normalized spacial score (nSPS) is 10.7. The second-order valence-corrected chi connectivity index (χ2v) is 3.62. The van der Waals surface area contributed by atoms with Crippen molar-refractivity contribution >= 4 is 17.6 Å². The molecule has 17 heavy (non-hydrogen) atoms. The number of carbonyl (C=O) groups excluding carboxylic acids is 1. The molecule has 0 bridgehead atoms. The Bertz CT molecular complexity index is 427. The molecule has 94 valence electrons. The maximum absolute atomic E-state index is 12.8. The number of hydrogen-bond acceptors (Lipinski definition) is 4. The van der Waals surface area contributed by atoms with Crippen molar-refractivity contribution in [2.24, 2.45) is 5.73 Å². The van der Waals surface area contributed by atoms with Gasteiger partial charge in [-0.2, -0.15) is 0 Å². The number of hydrogen-bond donors (Lipinski definition) is 1. The summed E-state index contributed by atoms with van der Waals surface area (Å²) in [4.78, 5) is 14.8. The van der Waals surface area contributed by atoms with Crippen molar-refractivity contribution in [3.63, 3.8) is 0 Å². The van der Waals surface area contributed by atoms with Gasteiger partial charge < -0.3 is 10.5 Å². The number of pyridine rings is 1. The molecule has 0 unspecified atom stereocenters. The third-order valence-electron chi connectivity index (χ3n) is 2.12. The van der Waals surface area contributed by atoms with Gasteiger partial charge in [0.25, 0.3) is 6.43 Å². The molecular formula is C10H11ClF2N2O2. The van der Waals surface area contributed by atoms with Crippen molar-refractivity contribution in [3.8, 4) is 0 Å². The summed E-state index contributed by atoms with van der Waals surface area (Å²) in [6.07, 6.45) is -3.16. The van der Waals surface area contributed by atoms with Gasteiger partial charge >= 0.3 is 5.97 Å². The van der Waals surface area contributed by atoms with Gasteiger partial charge in [-0.1, -0.05) is 11.6 Å². The Kier molecular flexibility index (Phi) is 4.77. The topological polar surface area (TPSA) is 65.2 Å². The predicted molar refractivity (Wildman–Crippen MR) is 57.8 cm³/mol. The summed E-state index contributed by atoms with van der Waals surface area (Å²) in [6, 6.07) is 1.37. The van der Waals surface area contributed by atoms with Crippen LogP contribution in [0.2, 0.25) is 5.02 Å². The smallest absolute Gasteiger partial charge is 0.310 e. The van der Waals surface area contributed by atoms with E-state index in [9.17, 15) is 13.6 Å². The van der Waals surface area contributed by atoms with E-state index in [0.29, 0.717) is 0 Å². The molecule has 4 nitrogen and oxygen atoms in total. The number of nitrogens with two attached hydrogens (primary N) is 1. The lowest BCUT2D eigenvalue weighted by Gasteiger charge is -2.11. The van der Waals surface area contributed by atoms with Crippen LogP contribution in [-0.4, -0.2) is 18.1 Å². The van der Waals surface area contributed by atoms with Crippen LogP contribution in [0.3, 0.4) is 0 Å². The molecular weight excluding hydrogens is 254 g/mol. The van der Waals surface area contributed by atoms with Crippen molar-refractivity contribution < 1.29 is 18.3 Å². The first-order chi connectivity index (χ1) is 7.99. The van der Waals surface area contributed by atoms with E-state index in [1.807, 2.05) is 0 Å². The van der Waals surface area contributed by atoms with Crippen molar-refractivity contribution in [1.82, 2.24) is 4.98 Å². The molecule has 0 spiro atoms. The number of aromatic nitrogens is 1. The molecule has 0 aliphatic rings. The van der Waals surface area contributed by atoms with E-state index in [1.54, 1.807) is 0 Å². The quantitative estimate of drug-likeness (QED) is 0.843. The summed E-state index contributed by atoms with van der Waals surface area (Å²) in [5.74, 6) is -0.656. The zero-order chi connectivity index (χ0) is 13.0. The van der Waals surface area contributed by atoms with Crippen molar-refractivity contribution in [3.05, 3.63) is 28.0 Å². The summed E-state index contributed by atoms with van der Waals surface area (Å²) >= 11 is 5.82. The molecule has 0 aliphatic heterocycles. The van der Waals surface area contributed by atoms with E-state index < -0.39 is 18.1 Å². The van der Waals surface area contributed by atoms with Crippen LogP contribution >= 0.6 is 11.6 Å². The van der Waals surface area contributed by atoms with Gasteiger partial charge in [-0.15, -0.1) is 0 Å². The lowest BCUT2D eigenvalue weighted by atomic mass is 10.1. The number of carbonyl (C=O) groups is 1. The third kappa shape index (κ3) is 3.34. The largest absolute Gasteiger partial charge is 0.469 e. The van der Waals surface area contributed by atoms with Gasteiger partial charge in [-0.05, 0) is 6.07 Å². The summed E-state index contributed by atoms with van der Waals surface area (Å²) in [6.45, 7) is -0.00204. The van der Waals surface area contributed by atoms with Crippen LogP contribution in [0.4, 0.5) is 8.78 Å². The first kappa shape index (κ1) is 13.8. The molecule has 0 aliphatic carbocycles. The highest BCUT2D eigenvalue weighted by Gasteiger charge is 2.21. The molecule has 0 amide bonds. The molecule has 0 aromatic carbocycles. The minimum Gasteiger partial charge on any atom is -0.469 e. The lowest BCUT2D eigenvalue weighted by molar-refractivity contribution is -0.139. The monoisotopic (exact) mass is 264 g/mol. The summed E-state index contributed by atoms with van der Waals surface area (Å²) < 4.78 is 29.9. The first-order valence-electron chi connectivity index (χ1n) is 4.72. The summed E-state index contributed by atoms with van der Waals surface area (Å²) in [7, 11) is 1.17. The Morgan fingerprint density at radius 2 is 2.29 bits per heavy atom. The van der Waals surface area contributed by atoms with Crippen LogP contribution in [0, 0.1) is 0 Å². The highest BCUT2D eigenvalue weighted by atomic mass is 35.5. The van der Waals surface area contributed by atoms with E-state index >= 15 is 0 Å². The SMILES string of the molecule is COC(=O)Cc1c(Cl)cc(CN)nc1C(F)F. The average molecular weight is 265 g/mol. The van der Waals surface area contributed by atoms with Crippen LogP contribution in [0.1, 0.15) is 23.4 Å². The van der Waals surface area contributed by atoms with E-state index in [2.05, 4.69) is 9.72 Å². The molecule has 0 fully saturated rings. The Balaban J connectivity index is 3.21. The molecule has 0 radical (unpaired) electrons. The van der Waals surface area contributed by atoms with E-state index in [-0.39, 0.29) is 29.2 Å². The number of methoxy groups -OCH3 is 1. The Labute approximate surface area is 102 Å². The zero-order valence-electron chi connectivity index (χ0n) is 9.04. The highest BCUT2D eigenvalue weighted by molar-refractivity contribution is 6.31. The molecule has 2 N–H and O–H groups in total. The van der Waals surface area contributed by atoms with Crippen LogP contribution < -0.4 is 5.73 Å². The number of esters is 1. The Morgan fingerprint density at radius 3 is 2.76 bits per heavy atom. The van der Waals surface area contributed by atoms with Crippen LogP contribution in [0.15, 0.2) is 6.07 Å². The molecule has 1 rings (SSSR count). The number of alkyl halides is 2. The van der Waals surface area contributed by atoms with Gasteiger partial charge in [0.05, 0.1) is 19.2 Å². The number of halogens is 3. The molecule has 0 saturated heterocycles. The number of ether oxygens (including phenoxy) is 1. The fourth-order valence-corrected chi connectivity index (χ4v) is 1.58.